The Morgan fingerprint density at radius 3 is 2.05 bits per heavy atom. The van der Waals surface area contributed by atoms with Gasteiger partial charge >= 0.3 is 12.4 Å². The number of alkyl halides is 7. The highest BCUT2D eigenvalue weighted by atomic mass is 35.5. The number of carbonyl (C=O) groups excluding carboxylic acids is 1. The first kappa shape index (κ1) is 15.8. The Kier molecular flexibility index (Phi) is 4.50. The molecule has 0 N–H and O–H groups in total. The molecule has 0 fully saturated rings. The molecule has 0 aliphatic carbocycles. The molecule has 0 saturated carbocycles. The third kappa shape index (κ3) is 4.12. The Balaban J connectivity index is 3.31. The van der Waals surface area contributed by atoms with Crippen LogP contribution in [0.5, 0.6) is 0 Å². The highest BCUT2D eigenvalue weighted by Crippen LogP contribution is 2.36. The first-order chi connectivity index (χ1) is 8.55. The van der Waals surface area contributed by atoms with Crippen molar-refractivity contribution < 1.29 is 31.1 Å². The molecule has 1 nitrogen and oxygen atoms in total. The second-order valence-corrected chi connectivity index (χ2v) is 3.98. The zero-order valence-electron chi connectivity index (χ0n) is 9.20. The summed E-state index contributed by atoms with van der Waals surface area (Å²) < 4.78 is 75.1. The van der Waals surface area contributed by atoms with Crippen LogP contribution in [0.15, 0.2) is 18.2 Å². The van der Waals surface area contributed by atoms with Gasteiger partial charge in [0, 0.05) is 6.42 Å². The Hall–Kier alpha value is -1.24. The van der Waals surface area contributed by atoms with E-state index in [0.29, 0.717) is 18.2 Å². The number of Topliss-reactive ketones (excluding diaryl/α,β-unsaturated/α-hetero) is 1. The summed E-state index contributed by atoms with van der Waals surface area (Å²) >= 11 is 5.15. The van der Waals surface area contributed by atoms with Crippen molar-refractivity contribution in [1.82, 2.24) is 0 Å². The lowest BCUT2D eigenvalue weighted by Crippen LogP contribution is -2.15. The highest BCUT2D eigenvalue weighted by Gasteiger charge is 2.37. The largest absolute Gasteiger partial charge is 0.416 e. The van der Waals surface area contributed by atoms with Crippen molar-refractivity contribution in [2.24, 2.45) is 0 Å². The zero-order valence-corrected chi connectivity index (χ0v) is 9.96. The van der Waals surface area contributed by atoms with Gasteiger partial charge in [-0.1, -0.05) is 0 Å². The molecule has 19 heavy (non-hydrogen) atoms. The molecule has 8 heteroatoms. The van der Waals surface area contributed by atoms with Crippen LogP contribution in [0.1, 0.15) is 16.7 Å². The van der Waals surface area contributed by atoms with E-state index in [9.17, 15) is 31.1 Å². The molecule has 0 amide bonds. The molecular weight excluding hydrogens is 298 g/mol. The average Bonchev–Trinajstić information content (AvgIpc) is 2.26. The predicted molar refractivity (Wildman–Crippen MR) is 55.9 cm³/mol. The maximum atomic E-state index is 12.6. The highest BCUT2D eigenvalue weighted by molar-refractivity contribution is 6.27. The summed E-state index contributed by atoms with van der Waals surface area (Å²) in [6, 6.07) is 0.977. The van der Waals surface area contributed by atoms with E-state index in [1.807, 2.05) is 0 Å². The fourth-order valence-electron chi connectivity index (χ4n) is 1.45. The summed E-state index contributed by atoms with van der Waals surface area (Å²) in [4.78, 5) is 11.0. The number of ketones is 1. The first-order valence-corrected chi connectivity index (χ1v) is 5.44. The summed E-state index contributed by atoms with van der Waals surface area (Å²) in [6.45, 7) is 0. The summed E-state index contributed by atoms with van der Waals surface area (Å²) in [7, 11) is 0. The van der Waals surface area contributed by atoms with Crippen LogP contribution in [0, 0.1) is 0 Å². The van der Waals surface area contributed by atoms with Crippen LogP contribution in [-0.4, -0.2) is 11.7 Å². The van der Waals surface area contributed by atoms with Gasteiger partial charge in [-0.25, -0.2) is 0 Å². The van der Waals surface area contributed by atoms with Crippen LogP contribution in [0.25, 0.3) is 0 Å². The van der Waals surface area contributed by atoms with Gasteiger partial charge in [-0.3, -0.25) is 4.79 Å². The third-order valence-corrected chi connectivity index (χ3v) is 2.57. The normalized spacial score (nSPS) is 12.6. The molecule has 0 radical (unpaired) electrons. The van der Waals surface area contributed by atoms with Crippen molar-refractivity contribution in [3.63, 3.8) is 0 Å². The zero-order chi connectivity index (χ0) is 14.8. The second kappa shape index (κ2) is 5.40. The molecule has 1 aromatic carbocycles. The number of halogens is 7. The lowest BCUT2D eigenvalue weighted by molar-refractivity contribution is -0.142. The SMILES string of the molecule is O=C(CCl)Cc1cc(C(F)(F)F)ccc1C(F)(F)F. The van der Waals surface area contributed by atoms with E-state index in [2.05, 4.69) is 0 Å². The smallest absolute Gasteiger partial charge is 0.298 e. The molecule has 1 rings (SSSR count). The number of carbonyl (C=O) groups is 1. The summed E-state index contributed by atoms with van der Waals surface area (Å²) in [6.07, 6.45) is -10.4. The van der Waals surface area contributed by atoms with Gasteiger partial charge in [0.25, 0.3) is 0 Å². The topological polar surface area (TPSA) is 17.1 Å². The summed E-state index contributed by atoms with van der Waals surface area (Å²) in [5.41, 5.74) is -3.23. The van der Waals surface area contributed by atoms with Crippen LogP contribution in [0.2, 0.25) is 0 Å². The fourth-order valence-corrected chi connectivity index (χ4v) is 1.55. The van der Waals surface area contributed by atoms with E-state index in [1.54, 1.807) is 0 Å². The standard InChI is InChI=1S/C11H7ClF6O/c12-5-8(19)4-6-3-7(10(13,14)15)1-2-9(6)11(16,17)18/h1-3H,4-5H2. The summed E-state index contributed by atoms with van der Waals surface area (Å²) in [5.74, 6) is -1.35. The van der Waals surface area contributed by atoms with E-state index in [0.717, 1.165) is 0 Å². The van der Waals surface area contributed by atoms with Crippen molar-refractivity contribution in [2.75, 3.05) is 5.88 Å². The van der Waals surface area contributed by atoms with Crippen molar-refractivity contribution in [1.29, 1.82) is 0 Å². The molecule has 0 aromatic heterocycles. The fraction of sp³-hybridized carbons (Fsp3) is 0.364. The quantitative estimate of drug-likeness (QED) is 0.607. The van der Waals surface area contributed by atoms with Crippen molar-refractivity contribution >= 4 is 17.4 Å². The third-order valence-electron chi connectivity index (χ3n) is 2.27. The minimum Gasteiger partial charge on any atom is -0.298 e. The second-order valence-electron chi connectivity index (χ2n) is 3.72. The van der Waals surface area contributed by atoms with Gasteiger partial charge in [0.05, 0.1) is 17.0 Å². The lowest BCUT2D eigenvalue weighted by Gasteiger charge is -2.15. The molecule has 0 aliphatic heterocycles. The first-order valence-electron chi connectivity index (χ1n) is 4.90. The Morgan fingerprint density at radius 1 is 1.05 bits per heavy atom. The molecule has 0 saturated heterocycles. The Bertz CT molecular complexity index is 477. The van der Waals surface area contributed by atoms with Crippen molar-refractivity contribution in [2.45, 2.75) is 18.8 Å². The van der Waals surface area contributed by atoms with E-state index in [-0.39, 0.29) is 0 Å². The number of hydrogen-bond donors (Lipinski definition) is 0. The van der Waals surface area contributed by atoms with Gasteiger partial charge in [0.2, 0.25) is 0 Å². The lowest BCUT2D eigenvalue weighted by atomic mass is 9.99. The number of benzene rings is 1. The maximum Gasteiger partial charge on any atom is 0.416 e. The van der Waals surface area contributed by atoms with Crippen LogP contribution < -0.4 is 0 Å². The van der Waals surface area contributed by atoms with Crippen LogP contribution in [-0.2, 0) is 23.6 Å². The molecule has 106 valence electrons. The van der Waals surface area contributed by atoms with Crippen LogP contribution in [0.3, 0.4) is 0 Å². The maximum absolute atomic E-state index is 12.6. The molecule has 0 heterocycles. The minimum absolute atomic E-state index is 0.319. The Morgan fingerprint density at radius 2 is 1.63 bits per heavy atom. The van der Waals surface area contributed by atoms with Crippen LogP contribution >= 0.6 is 11.6 Å². The predicted octanol–water partition coefficient (Wildman–Crippen LogP) is 4.07. The number of rotatable bonds is 3. The van der Waals surface area contributed by atoms with Crippen molar-refractivity contribution in [3.8, 4) is 0 Å². The molecule has 0 aliphatic rings. The van der Waals surface area contributed by atoms with Gasteiger partial charge in [-0.2, -0.15) is 26.3 Å². The van der Waals surface area contributed by atoms with E-state index < -0.39 is 47.1 Å². The van der Waals surface area contributed by atoms with Gasteiger partial charge in [-0.15, -0.1) is 11.6 Å². The van der Waals surface area contributed by atoms with E-state index in [4.69, 9.17) is 11.6 Å². The van der Waals surface area contributed by atoms with E-state index >= 15 is 0 Å². The van der Waals surface area contributed by atoms with E-state index in [1.165, 1.54) is 0 Å². The van der Waals surface area contributed by atoms with Crippen LogP contribution in [0.4, 0.5) is 26.3 Å². The molecule has 0 atom stereocenters. The van der Waals surface area contributed by atoms with Gasteiger partial charge in [-0.05, 0) is 23.8 Å². The summed E-state index contributed by atoms with van der Waals surface area (Å²) in [5, 5.41) is 0. The van der Waals surface area contributed by atoms with Gasteiger partial charge in [0.15, 0.2) is 5.78 Å². The van der Waals surface area contributed by atoms with Gasteiger partial charge < -0.3 is 0 Å². The van der Waals surface area contributed by atoms with Crippen molar-refractivity contribution in [3.05, 3.63) is 34.9 Å². The van der Waals surface area contributed by atoms with Gasteiger partial charge in [0.1, 0.15) is 0 Å². The number of hydrogen-bond acceptors (Lipinski definition) is 1. The molecular formula is C11H7ClF6O. The minimum atomic E-state index is -4.83. The molecule has 0 spiro atoms. The average molecular weight is 305 g/mol. The molecule has 0 unspecified atom stereocenters. The Labute approximate surface area is 109 Å². The molecule has 1 aromatic rings. The monoisotopic (exact) mass is 304 g/mol. The molecule has 0 bridgehead atoms.